The summed E-state index contributed by atoms with van der Waals surface area (Å²) in [7, 11) is 2.47. The second kappa shape index (κ2) is 8.12. The van der Waals surface area contributed by atoms with Crippen LogP contribution in [-0.4, -0.2) is 53.9 Å². The minimum absolute atomic E-state index is 0.0369. The lowest BCUT2D eigenvalue weighted by Crippen LogP contribution is -2.24. The molecule has 148 valence electrons. The van der Waals surface area contributed by atoms with Crippen molar-refractivity contribution < 1.29 is 38.8 Å². The molecule has 1 aromatic heterocycles. The molecule has 1 heterocycles. The Morgan fingerprint density at radius 3 is 2.25 bits per heavy atom. The molecule has 11 heteroatoms. The number of aromatic nitrogens is 1. The Bertz CT molecular complexity index is 1010. The molecule has 0 spiro atoms. The van der Waals surface area contributed by atoms with E-state index in [0.29, 0.717) is 0 Å². The largest absolute Gasteiger partial charge is 0.493 e. The minimum Gasteiger partial charge on any atom is -0.493 e. The summed E-state index contributed by atoms with van der Waals surface area (Å²) in [6.07, 6.45) is 0. The van der Waals surface area contributed by atoms with E-state index in [4.69, 9.17) is 15.2 Å². The van der Waals surface area contributed by atoms with Crippen molar-refractivity contribution in [3.05, 3.63) is 39.7 Å². The first kappa shape index (κ1) is 20.3. The molecule has 28 heavy (non-hydrogen) atoms. The Labute approximate surface area is 157 Å². The number of nitrogens with one attached hydrogen (secondary N) is 1. The third-order valence-corrected chi connectivity index (χ3v) is 3.70. The number of hydrogen-bond acceptors (Lipinski definition) is 8. The summed E-state index contributed by atoms with van der Waals surface area (Å²) in [5, 5.41) is 18.9. The van der Waals surface area contributed by atoms with Gasteiger partial charge in [-0.1, -0.05) is 6.07 Å². The zero-order chi connectivity index (χ0) is 21.0. The number of H-pyrrole nitrogens is 1. The van der Waals surface area contributed by atoms with Gasteiger partial charge >= 0.3 is 17.9 Å². The van der Waals surface area contributed by atoms with Gasteiger partial charge in [0.2, 0.25) is 0 Å². The van der Waals surface area contributed by atoms with Crippen LogP contribution in [0.5, 0.6) is 11.5 Å². The maximum atomic E-state index is 12.1. The van der Waals surface area contributed by atoms with Crippen molar-refractivity contribution in [3.8, 4) is 22.6 Å². The number of benzene rings is 1. The number of methoxy groups -OCH3 is 2. The average Bonchev–Trinajstić information content (AvgIpc) is 2.64. The number of aromatic carboxylic acids is 2. The molecule has 11 nitrogen and oxygen atoms in total. The van der Waals surface area contributed by atoms with Crippen LogP contribution in [0.25, 0.3) is 11.1 Å². The molecule has 0 saturated carbocycles. The van der Waals surface area contributed by atoms with Crippen LogP contribution in [0.15, 0.2) is 23.0 Å². The van der Waals surface area contributed by atoms with Gasteiger partial charge in [-0.25, -0.2) is 14.4 Å². The Hall–Kier alpha value is -4.02. The summed E-state index contributed by atoms with van der Waals surface area (Å²) in [4.78, 5) is 48.5. The lowest BCUT2D eigenvalue weighted by atomic mass is 9.95. The van der Waals surface area contributed by atoms with Crippen LogP contribution < -0.4 is 20.8 Å². The number of anilines is 1. The normalized spacial score (nSPS) is 10.2. The summed E-state index contributed by atoms with van der Waals surface area (Å²) >= 11 is 0. The van der Waals surface area contributed by atoms with Crippen LogP contribution in [0.4, 0.5) is 5.82 Å². The van der Waals surface area contributed by atoms with E-state index in [1.807, 2.05) is 4.98 Å². The molecule has 0 bridgehead atoms. The standard InChI is InChI=1S/C17H16N2O9/c1-26-9-5-7(3-4-8(9)28-6-10(20)27-2)11-12(16(22)23)14(18)19-15(21)13(11)17(24)25/h3-5H,6H2,1-2H3,(H,22,23)(H,24,25)(H3,18,19,21). The monoisotopic (exact) mass is 392 g/mol. The molecule has 0 unspecified atom stereocenters. The van der Waals surface area contributed by atoms with Crippen molar-refractivity contribution in [1.82, 2.24) is 4.98 Å². The maximum absolute atomic E-state index is 12.1. The number of pyridine rings is 1. The van der Waals surface area contributed by atoms with Crippen LogP contribution >= 0.6 is 0 Å². The van der Waals surface area contributed by atoms with Gasteiger partial charge in [0.25, 0.3) is 5.56 Å². The van der Waals surface area contributed by atoms with E-state index in [1.54, 1.807) is 0 Å². The molecule has 2 aromatic rings. The zero-order valence-electron chi connectivity index (χ0n) is 14.8. The molecule has 2 rings (SSSR count). The Morgan fingerprint density at radius 1 is 1.07 bits per heavy atom. The number of ether oxygens (including phenoxy) is 3. The number of carboxylic acid groups (broad SMARTS) is 2. The van der Waals surface area contributed by atoms with Gasteiger partial charge in [-0.3, -0.25) is 4.79 Å². The fraction of sp³-hybridized carbons (Fsp3) is 0.176. The van der Waals surface area contributed by atoms with E-state index in [0.717, 1.165) is 0 Å². The third kappa shape index (κ3) is 3.87. The highest BCUT2D eigenvalue weighted by atomic mass is 16.6. The van der Waals surface area contributed by atoms with Crippen LogP contribution in [0.1, 0.15) is 20.7 Å². The van der Waals surface area contributed by atoms with Crippen molar-refractivity contribution in [1.29, 1.82) is 0 Å². The number of carbonyl (C=O) groups excluding carboxylic acids is 1. The average molecular weight is 392 g/mol. The van der Waals surface area contributed by atoms with Gasteiger partial charge in [0.15, 0.2) is 18.1 Å². The van der Waals surface area contributed by atoms with E-state index in [2.05, 4.69) is 4.74 Å². The molecule has 0 radical (unpaired) electrons. The molecule has 0 saturated heterocycles. The summed E-state index contributed by atoms with van der Waals surface area (Å²) in [6.45, 7) is -0.412. The van der Waals surface area contributed by atoms with Gasteiger partial charge in [-0.15, -0.1) is 0 Å². The second-order valence-electron chi connectivity index (χ2n) is 5.33. The molecule has 0 aliphatic heterocycles. The van der Waals surface area contributed by atoms with Crippen molar-refractivity contribution in [2.75, 3.05) is 26.6 Å². The van der Waals surface area contributed by atoms with Crippen molar-refractivity contribution in [2.45, 2.75) is 0 Å². The Morgan fingerprint density at radius 2 is 1.71 bits per heavy atom. The molecule has 1 aromatic carbocycles. The van der Waals surface area contributed by atoms with Crippen LogP contribution in [0.3, 0.4) is 0 Å². The molecule has 0 atom stereocenters. The highest BCUT2D eigenvalue weighted by Crippen LogP contribution is 2.36. The maximum Gasteiger partial charge on any atom is 0.343 e. The fourth-order valence-corrected chi connectivity index (χ4v) is 2.47. The quantitative estimate of drug-likeness (QED) is 0.487. The van der Waals surface area contributed by atoms with Crippen LogP contribution in [0, 0.1) is 0 Å². The van der Waals surface area contributed by atoms with Crippen LogP contribution in [0.2, 0.25) is 0 Å². The Balaban J connectivity index is 2.70. The minimum atomic E-state index is -1.64. The van der Waals surface area contributed by atoms with Crippen molar-refractivity contribution >= 4 is 23.7 Å². The first-order valence-electron chi connectivity index (χ1n) is 7.61. The fourth-order valence-electron chi connectivity index (χ4n) is 2.47. The number of carbonyl (C=O) groups is 3. The first-order chi connectivity index (χ1) is 13.2. The number of hydrogen-bond donors (Lipinski definition) is 4. The van der Waals surface area contributed by atoms with E-state index in [9.17, 15) is 29.4 Å². The lowest BCUT2D eigenvalue weighted by molar-refractivity contribution is -0.142. The summed E-state index contributed by atoms with van der Waals surface area (Å²) < 4.78 is 14.9. The molecule has 0 amide bonds. The molecule has 0 aliphatic rings. The number of nitrogen functional groups attached to an aromatic ring is 1. The molecular weight excluding hydrogens is 376 g/mol. The summed E-state index contributed by atoms with van der Waals surface area (Å²) in [6, 6.07) is 3.90. The summed E-state index contributed by atoms with van der Waals surface area (Å²) in [5.41, 5.74) is 2.80. The smallest absolute Gasteiger partial charge is 0.343 e. The highest BCUT2D eigenvalue weighted by Gasteiger charge is 2.27. The number of rotatable bonds is 7. The lowest BCUT2D eigenvalue weighted by Gasteiger charge is -2.15. The predicted octanol–water partition coefficient (Wildman–Crippen LogP) is 0.581. The number of esters is 1. The van der Waals surface area contributed by atoms with Gasteiger partial charge < -0.3 is 35.1 Å². The van der Waals surface area contributed by atoms with E-state index in [1.165, 1.54) is 32.4 Å². The second-order valence-corrected chi connectivity index (χ2v) is 5.33. The predicted molar refractivity (Wildman–Crippen MR) is 94.9 cm³/mol. The van der Waals surface area contributed by atoms with E-state index < -0.39 is 47.0 Å². The topological polar surface area (TPSA) is 178 Å². The van der Waals surface area contributed by atoms with Gasteiger partial charge in [0.05, 0.1) is 14.2 Å². The first-order valence-corrected chi connectivity index (χ1v) is 7.61. The van der Waals surface area contributed by atoms with Crippen molar-refractivity contribution in [3.63, 3.8) is 0 Å². The molecule has 0 fully saturated rings. The van der Waals surface area contributed by atoms with Crippen molar-refractivity contribution in [2.24, 2.45) is 0 Å². The molecule has 0 aliphatic carbocycles. The Kier molecular flexibility index (Phi) is 5.88. The van der Waals surface area contributed by atoms with Gasteiger partial charge in [0, 0.05) is 5.56 Å². The van der Waals surface area contributed by atoms with E-state index in [-0.39, 0.29) is 22.6 Å². The number of nitrogens with two attached hydrogens (primary N) is 1. The van der Waals surface area contributed by atoms with E-state index >= 15 is 0 Å². The number of aromatic amines is 1. The van der Waals surface area contributed by atoms with Gasteiger partial charge in [-0.05, 0) is 17.7 Å². The molecular formula is C17H16N2O9. The van der Waals surface area contributed by atoms with Gasteiger partial charge in [-0.2, -0.15) is 0 Å². The molecule has 5 N–H and O–H groups in total. The number of carboxylic acids is 2. The summed E-state index contributed by atoms with van der Waals surface area (Å²) in [5.74, 6) is -4.13. The van der Waals surface area contributed by atoms with Gasteiger partial charge in [0.1, 0.15) is 16.9 Å². The van der Waals surface area contributed by atoms with Crippen LogP contribution in [-0.2, 0) is 9.53 Å². The SMILES string of the molecule is COC(=O)COc1ccc(-c2c(C(=O)O)c(N)[nH]c(=O)c2C(=O)O)cc1OC. The third-order valence-electron chi connectivity index (χ3n) is 3.70. The zero-order valence-corrected chi connectivity index (χ0v) is 14.8. The highest BCUT2D eigenvalue weighted by molar-refractivity contribution is 6.07.